The number of ether oxygens (including phenoxy) is 1. The van der Waals surface area contributed by atoms with Crippen molar-refractivity contribution in [2.75, 3.05) is 0 Å². The Hall–Kier alpha value is -2.01. The van der Waals surface area contributed by atoms with Crippen LogP contribution in [0, 0.1) is 0 Å². The topological polar surface area (TPSA) is 67.0 Å². The summed E-state index contributed by atoms with van der Waals surface area (Å²) in [6, 6.07) is 9.13. The summed E-state index contributed by atoms with van der Waals surface area (Å²) in [7, 11) is 0. The highest BCUT2D eigenvalue weighted by Gasteiger charge is 2.20. The fourth-order valence-electron chi connectivity index (χ4n) is 1.58. The molecule has 2 aromatic rings. The number of aromatic nitrogens is 2. The van der Waals surface area contributed by atoms with Crippen molar-refractivity contribution in [3.05, 3.63) is 41.6 Å². The number of benzene rings is 1. The molecule has 0 radical (unpaired) electrons. The van der Waals surface area contributed by atoms with Crippen LogP contribution in [0.25, 0.3) is 0 Å². The largest absolute Gasteiger partial charge is 0.439 e. The SMILES string of the molecule is CCc1n[nH]c(Oc2ccccc2)c1C(=O)NCl. The fraction of sp³-hybridized carbons (Fsp3) is 0.167. The molecule has 0 atom stereocenters. The van der Waals surface area contributed by atoms with Gasteiger partial charge < -0.3 is 4.74 Å². The molecule has 1 heterocycles. The number of carbonyl (C=O) groups excluding carboxylic acids is 1. The highest BCUT2D eigenvalue weighted by molar-refractivity contribution is 6.24. The zero-order valence-electron chi connectivity index (χ0n) is 9.74. The Morgan fingerprint density at radius 2 is 2.17 bits per heavy atom. The van der Waals surface area contributed by atoms with E-state index in [1.807, 2.05) is 25.1 Å². The predicted molar refractivity (Wildman–Crippen MR) is 67.8 cm³/mol. The number of aryl methyl sites for hydroxylation is 1. The molecule has 1 aromatic heterocycles. The van der Waals surface area contributed by atoms with Gasteiger partial charge in [-0.15, -0.1) is 0 Å². The van der Waals surface area contributed by atoms with Gasteiger partial charge in [0.1, 0.15) is 11.3 Å². The minimum Gasteiger partial charge on any atom is -0.439 e. The Morgan fingerprint density at radius 1 is 1.44 bits per heavy atom. The summed E-state index contributed by atoms with van der Waals surface area (Å²) >= 11 is 5.35. The molecular formula is C12H12ClN3O2. The van der Waals surface area contributed by atoms with Gasteiger partial charge in [-0.05, 0) is 18.6 Å². The molecule has 2 N–H and O–H groups in total. The van der Waals surface area contributed by atoms with Gasteiger partial charge in [-0.3, -0.25) is 9.63 Å². The lowest BCUT2D eigenvalue weighted by Gasteiger charge is -2.05. The van der Waals surface area contributed by atoms with Gasteiger partial charge in [0.15, 0.2) is 0 Å². The van der Waals surface area contributed by atoms with Gasteiger partial charge in [0.25, 0.3) is 5.91 Å². The third kappa shape index (κ3) is 2.46. The van der Waals surface area contributed by atoms with Crippen LogP contribution in [-0.2, 0) is 6.42 Å². The van der Waals surface area contributed by atoms with Crippen molar-refractivity contribution in [3.8, 4) is 11.6 Å². The summed E-state index contributed by atoms with van der Waals surface area (Å²) in [5.41, 5.74) is 0.940. The summed E-state index contributed by atoms with van der Waals surface area (Å²) in [5, 5.41) is 6.73. The number of halogens is 1. The zero-order chi connectivity index (χ0) is 13.0. The molecule has 0 aliphatic rings. The molecule has 0 fully saturated rings. The van der Waals surface area contributed by atoms with Crippen molar-refractivity contribution in [3.63, 3.8) is 0 Å². The van der Waals surface area contributed by atoms with E-state index in [9.17, 15) is 4.79 Å². The first-order valence-corrected chi connectivity index (χ1v) is 5.85. The molecule has 5 nitrogen and oxygen atoms in total. The van der Waals surface area contributed by atoms with Crippen LogP contribution in [0.2, 0.25) is 0 Å². The van der Waals surface area contributed by atoms with E-state index in [4.69, 9.17) is 16.5 Å². The van der Waals surface area contributed by atoms with E-state index in [2.05, 4.69) is 15.0 Å². The number of nitrogens with one attached hydrogen (secondary N) is 2. The Kier molecular flexibility index (Phi) is 3.84. The Labute approximate surface area is 109 Å². The number of hydrogen-bond acceptors (Lipinski definition) is 3. The van der Waals surface area contributed by atoms with Crippen molar-refractivity contribution >= 4 is 17.7 Å². The summed E-state index contributed by atoms with van der Waals surface area (Å²) in [6.45, 7) is 1.90. The maximum absolute atomic E-state index is 11.7. The average Bonchev–Trinajstić information content (AvgIpc) is 2.82. The predicted octanol–water partition coefficient (Wildman–Crippen LogP) is 2.65. The van der Waals surface area contributed by atoms with E-state index in [1.165, 1.54) is 0 Å². The first kappa shape index (κ1) is 12.4. The van der Waals surface area contributed by atoms with Crippen molar-refractivity contribution in [1.82, 2.24) is 15.0 Å². The number of amides is 1. The summed E-state index contributed by atoms with van der Waals surface area (Å²) in [5.74, 6) is 0.469. The second kappa shape index (κ2) is 5.55. The van der Waals surface area contributed by atoms with Gasteiger partial charge in [0.05, 0.1) is 5.69 Å². The smallest absolute Gasteiger partial charge is 0.273 e. The molecule has 94 valence electrons. The van der Waals surface area contributed by atoms with Crippen LogP contribution in [0.1, 0.15) is 23.0 Å². The lowest BCUT2D eigenvalue weighted by Crippen LogP contribution is -2.14. The van der Waals surface area contributed by atoms with Crippen LogP contribution in [-0.4, -0.2) is 16.1 Å². The average molecular weight is 266 g/mol. The lowest BCUT2D eigenvalue weighted by molar-refractivity contribution is 0.0978. The lowest BCUT2D eigenvalue weighted by atomic mass is 10.2. The third-order valence-corrected chi connectivity index (χ3v) is 2.59. The maximum Gasteiger partial charge on any atom is 0.273 e. The number of carbonyl (C=O) groups is 1. The molecule has 1 amide bonds. The molecule has 0 saturated carbocycles. The molecule has 6 heteroatoms. The minimum absolute atomic E-state index is 0.288. The van der Waals surface area contributed by atoms with E-state index < -0.39 is 5.91 Å². The summed E-state index contributed by atoms with van der Waals surface area (Å²) < 4.78 is 5.58. The van der Waals surface area contributed by atoms with E-state index >= 15 is 0 Å². The van der Waals surface area contributed by atoms with Crippen LogP contribution in [0.5, 0.6) is 11.6 Å². The molecule has 2 rings (SSSR count). The van der Waals surface area contributed by atoms with E-state index in [1.54, 1.807) is 12.1 Å². The number of H-pyrrole nitrogens is 1. The standard InChI is InChI=1S/C12H12ClN3O2/c1-2-9-10(11(17)14-13)12(16-15-9)18-8-6-4-3-5-7-8/h3-7H,2H2,1H3,(H,14,17)(H,15,16). The number of hydrogen-bond donors (Lipinski definition) is 2. The van der Waals surface area contributed by atoms with E-state index in [0.717, 1.165) is 0 Å². The molecule has 0 aliphatic carbocycles. The number of aromatic amines is 1. The second-order valence-electron chi connectivity index (χ2n) is 3.57. The molecule has 18 heavy (non-hydrogen) atoms. The normalized spacial score (nSPS) is 10.1. The van der Waals surface area contributed by atoms with E-state index in [0.29, 0.717) is 23.4 Å². The monoisotopic (exact) mass is 265 g/mol. The third-order valence-electron chi connectivity index (χ3n) is 2.42. The summed E-state index contributed by atoms with van der Waals surface area (Å²) in [4.78, 5) is 13.7. The Bertz CT molecular complexity index is 540. The highest BCUT2D eigenvalue weighted by Crippen LogP contribution is 2.25. The van der Waals surface area contributed by atoms with Crippen molar-refractivity contribution in [1.29, 1.82) is 0 Å². The van der Waals surface area contributed by atoms with Gasteiger partial charge in [-0.2, -0.15) is 5.10 Å². The quantitative estimate of drug-likeness (QED) is 0.835. The van der Waals surface area contributed by atoms with Gasteiger partial charge >= 0.3 is 0 Å². The molecule has 0 aliphatic heterocycles. The molecular weight excluding hydrogens is 254 g/mol. The van der Waals surface area contributed by atoms with Gasteiger partial charge in [-0.1, -0.05) is 25.1 Å². The second-order valence-corrected chi connectivity index (χ2v) is 3.76. The Morgan fingerprint density at radius 3 is 2.78 bits per heavy atom. The van der Waals surface area contributed by atoms with E-state index in [-0.39, 0.29) is 5.88 Å². The molecule has 1 aromatic carbocycles. The van der Waals surface area contributed by atoms with Crippen LogP contribution in [0.3, 0.4) is 0 Å². The number of para-hydroxylation sites is 1. The Balaban J connectivity index is 2.33. The van der Waals surface area contributed by atoms with Crippen molar-refractivity contribution < 1.29 is 9.53 Å². The van der Waals surface area contributed by atoms with Gasteiger partial charge in [-0.25, -0.2) is 5.10 Å². The van der Waals surface area contributed by atoms with Crippen molar-refractivity contribution in [2.24, 2.45) is 0 Å². The highest BCUT2D eigenvalue weighted by atomic mass is 35.5. The maximum atomic E-state index is 11.7. The molecule has 0 saturated heterocycles. The molecule has 0 bridgehead atoms. The minimum atomic E-state index is -0.437. The van der Waals surface area contributed by atoms with Gasteiger partial charge in [0.2, 0.25) is 5.88 Å². The van der Waals surface area contributed by atoms with Crippen LogP contribution in [0.15, 0.2) is 30.3 Å². The molecule has 0 unspecified atom stereocenters. The summed E-state index contributed by atoms with van der Waals surface area (Å²) in [6.07, 6.45) is 0.605. The first-order chi connectivity index (χ1) is 8.76. The van der Waals surface area contributed by atoms with Crippen LogP contribution in [0.4, 0.5) is 0 Å². The number of nitrogens with zero attached hydrogens (tertiary/aromatic N) is 1. The molecule has 0 spiro atoms. The van der Waals surface area contributed by atoms with Gasteiger partial charge in [0, 0.05) is 11.8 Å². The van der Waals surface area contributed by atoms with Crippen LogP contribution < -0.4 is 9.57 Å². The number of rotatable bonds is 4. The zero-order valence-corrected chi connectivity index (χ0v) is 10.5. The fourth-order valence-corrected chi connectivity index (χ4v) is 1.67. The van der Waals surface area contributed by atoms with Crippen LogP contribution >= 0.6 is 11.8 Å². The first-order valence-electron chi connectivity index (χ1n) is 5.47. The van der Waals surface area contributed by atoms with Crippen molar-refractivity contribution in [2.45, 2.75) is 13.3 Å².